The van der Waals surface area contributed by atoms with Crippen LogP contribution in [0.3, 0.4) is 0 Å². The molecular weight excluding hydrogens is 122 g/mol. The lowest BCUT2D eigenvalue weighted by atomic mass is 10.7. The average molecular weight is 131 g/mol. The van der Waals surface area contributed by atoms with Gasteiger partial charge in [0.05, 0.1) is 0 Å². The van der Waals surface area contributed by atoms with E-state index < -0.39 is 6.03 Å². The molecule has 0 fully saturated rings. The molecule has 52 valence electrons. The quantitative estimate of drug-likeness (QED) is 0.338. The maximum atomic E-state index is 10.4. The third kappa shape index (κ3) is 4.60. The van der Waals surface area contributed by atoms with Crippen molar-refractivity contribution in [1.29, 1.82) is 0 Å². The summed E-state index contributed by atoms with van der Waals surface area (Å²) in [5.74, 6) is 0. The van der Waals surface area contributed by atoms with Crippen molar-refractivity contribution in [3.63, 3.8) is 0 Å². The smallest absolute Gasteiger partial charge is 0.333 e. The Bertz CT molecular complexity index is 104. The van der Waals surface area contributed by atoms with Crippen LogP contribution < -0.4 is 16.2 Å². The second-order valence-electron chi connectivity index (χ2n) is 1.25. The lowest BCUT2D eigenvalue weighted by Crippen LogP contribution is -2.43. The van der Waals surface area contributed by atoms with Gasteiger partial charge in [0.2, 0.25) is 6.41 Å². The van der Waals surface area contributed by atoms with E-state index in [4.69, 9.17) is 0 Å². The zero-order valence-corrected chi connectivity index (χ0v) is 5.10. The van der Waals surface area contributed by atoms with Crippen LogP contribution in [0.4, 0.5) is 4.79 Å². The molecule has 0 unspecified atom stereocenters. The SMILES string of the molecule is CCNC(=O)NNC=O. The molecule has 0 spiro atoms. The van der Waals surface area contributed by atoms with Gasteiger partial charge in [-0.25, -0.2) is 10.2 Å². The summed E-state index contributed by atoms with van der Waals surface area (Å²) in [4.78, 5) is 19.9. The number of nitrogens with one attached hydrogen (secondary N) is 3. The highest BCUT2D eigenvalue weighted by atomic mass is 16.2. The first-order chi connectivity index (χ1) is 4.31. The molecule has 0 radical (unpaired) electrons. The Hall–Kier alpha value is -1.26. The van der Waals surface area contributed by atoms with Crippen LogP contribution in [0.1, 0.15) is 6.92 Å². The van der Waals surface area contributed by atoms with Gasteiger partial charge >= 0.3 is 6.03 Å². The van der Waals surface area contributed by atoms with Gasteiger partial charge in [0.25, 0.3) is 0 Å². The Morgan fingerprint density at radius 1 is 1.67 bits per heavy atom. The summed E-state index contributed by atoms with van der Waals surface area (Å²) in [6.45, 7) is 2.31. The molecule has 0 bridgehead atoms. The van der Waals surface area contributed by atoms with Crippen molar-refractivity contribution in [2.24, 2.45) is 0 Å². The lowest BCUT2D eigenvalue weighted by Gasteiger charge is -2.01. The second-order valence-corrected chi connectivity index (χ2v) is 1.25. The molecule has 9 heavy (non-hydrogen) atoms. The van der Waals surface area contributed by atoms with Crippen molar-refractivity contribution in [3.05, 3.63) is 0 Å². The number of amides is 3. The average Bonchev–Trinajstić information content (AvgIpc) is 1.85. The van der Waals surface area contributed by atoms with Gasteiger partial charge in [-0.2, -0.15) is 0 Å². The highest BCUT2D eigenvalue weighted by Gasteiger charge is 1.91. The molecule has 0 aliphatic rings. The molecular formula is C4H9N3O2. The fourth-order valence-electron chi connectivity index (χ4n) is 0.300. The number of rotatable bonds is 3. The topological polar surface area (TPSA) is 70.2 Å². The highest BCUT2D eigenvalue weighted by Crippen LogP contribution is 1.56. The largest absolute Gasteiger partial charge is 0.337 e. The molecule has 0 aromatic carbocycles. The van der Waals surface area contributed by atoms with E-state index in [1.165, 1.54) is 0 Å². The molecule has 0 saturated heterocycles. The van der Waals surface area contributed by atoms with E-state index in [2.05, 4.69) is 10.7 Å². The van der Waals surface area contributed by atoms with Crippen molar-refractivity contribution < 1.29 is 9.59 Å². The van der Waals surface area contributed by atoms with Crippen LogP contribution in [0.5, 0.6) is 0 Å². The molecule has 5 heteroatoms. The normalized spacial score (nSPS) is 7.67. The predicted molar refractivity (Wildman–Crippen MR) is 31.4 cm³/mol. The summed E-state index contributed by atoms with van der Waals surface area (Å²) in [6.07, 6.45) is 0.384. The first kappa shape index (κ1) is 7.74. The van der Waals surface area contributed by atoms with Crippen LogP contribution in [0.25, 0.3) is 0 Å². The zero-order chi connectivity index (χ0) is 7.11. The summed E-state index contributed by atoms with van der Waals surface area (Å²) < 4.78 is 0. The van der Waals surface area contributed by atoms with Gasteiger partial charge in [0.1, 0.15) is 0 Å². The number of carbonyl (C=O) groups is 2. The maximum absolute atomic E-state index is 10.4. The van der Waals surface area contributed by atoms with Crippen molar-refractivity contribution in [2.45, 2.75) is 6.92 Å². The van der Waals surface area contributed by atoms with Crippen LogP contribution in [0.2, 0.25) is 0 Å². The Morgan fingerprint density at radius 3 is 2.78 bits per heavy atom. The first-order valence-corrected chi connectivity index (χ1v) is 2.54. The van der Waals surface area contributed by atoms with Crippen molar-refractivity contribution in [1.82, 2.24) is 16.2 Å². The third-order valence-electron chi connectivity index (χ3n) is 0.582. The first-order valence-electron chi connectivity index (χ1n) is 2.54. The van der Waals surface area contributed by atoms with Gasteiger partial charge < -0.3 is 5.32 Å². The Labute approximate surface area is 52.8 Å². The van der Waals surface area contributed by atoms with Crippen LogP contribution in [-0.2, 0) is 4.79 Å². The van der Waals surface area contributed by atoms with Crippen LogP contribution in [-0.4, -0.2) is 19.0 Å². The molecule has 0 aliphatic carbocycles. The number of hydrogen-bond donors (Lipinski definition) is 3. The van der Waals surface area contributed by atoms with Gasteiger partial charge in [0, 0.05) is 6.54 Å². The molecule has 0 aromatic rings. The minimum atomic E-state index is -0.412. The van der Waals surface area contributed by atoms with Gasteiger partial charge in [0.15, 0.2) is 0 Å². The van der Waals surface area contributed by atoms with E-state index in [0.29, 0.717) is 13.0 Å². The Balaban J connectivity index is 3.16. The van der Waals surface area contributed by atoms with Crippen LogP contribution in [0, 0.1) is 0 Å². The van der Waals surface area contributed by atoms with Crippen LogP contribution in [0.15, 0.2) is 0 Å². The maximum Gasteiger partial charge on any atom is 0.333 e. The summed E-state index contributed by atoms with van der Waals surface area (Å²) in [6, 6.07) is -0.412. The van der Waals surface area contributed by atoms with Crippen LogP contribution >= 0.6 is 0 Å². The van der Waals surface area contributed by atoms with E-state index >= 15 is 0 Å². The fourth-order valence-corrected chi connectivity index (χ4v) is 0.300. The van der Waals surface area contributed by atoms with Gasteiger partial charge in [-0.1, -0.05) is 0 Å². The van der Waals surface area contributed by atoms with Crippen molar-refractivity contribution >= 4 is 12.4 Å². The van der Waals surface area contributed by atoms with E-state index in [-0.39, 0.29) is 0 Å². The van der Waals surface area contributed by atoms with E-state index in [0.717, 1.165) is 0 Å². The minimum absolute atomic E-state index is 0.384. The van der Waals surface area contributed by atoms with E-state index in [9.17, 15) is 9.59 Å². The molecule has 0 rings (SSSR count). The van der Waals surface area contributed by atoms with Crippen molar-refractivity contribution in [2.75, 3.05) is 6.54 Å². The summed E-state index contributed by atoms with van der Waals surface area (Å²) in [7, 11) is 0. The zero-order valence-electron chi connectivity index (χ0n) is 5.10. The molecule has 5 nitrogen and oxygen atoms in total. The standard InChI is InChI=1S/C4H9N3O2/c1-2-5-4(9)7-6-3-8/h3H,2H2,1H3,(H,6,8)(H2,5,7,9). The summed E-state index contributed by atoms with van der Waals surface area (Å²) >= 11 is 0. The lowest BCUT2D eigenvalue weighted by molar-refractivity contribution is -0.110. The monoisotopic (exact) mass is 131 g/mol. The highest BCUT2D eigenvalue weighted by molar-refractivity contribution is 5.74. The van der Waals surface area contributed by atoms with Gasteiger partial charge in [-0.05, 0) is 6.92 Å². The molecule has 0 heterocycles. The number of hydrogen-bond acceptors (Lipinski definition) is 2. The molecule has 0 saturated carbocycles. The minimum Gasteiger partial charge on any atom is -0.337 e. The number of carbonyl (C=O) groups excluding carboxylic acids is 2. The number of urea groups is 1. The summed E-state index contributed by atoms with van der Waals surface area (Å²) in [5.41, 5.74) is 4.06. The molecule has 0 aliphatic heterocycles. The molecule has 0 aromatic heterocycles. The Morgan fingerprint density at radius 2 is 2.33 bits per heavy atom. The summed E-state index contributed by atoms with van der Waals surface area (Å²) in [5, 5.41) is 2.41. The van der Waals surface area contributed by atoms with Crippen molar-refractivity contribution in [3.8, 4) is 0 Å². The molecule has 3 amide bonds. The fraction of sp³-hybridized carbons (Fsp3) is 0.500. The molecule has 3 N–H and O–H groups in total. The van der Waals surface area contributed by atoms with Gasteiger partial charge in [-0.15, -0.1) is 0 Å². The second kappa shape index (κ2) is 4.89. The van der Waals surface area contributed by atoms with E-state index in [1.54, 1.807) is 6.92 Å². The number of hydrazine groups is 1. The van der Waals surface area contributed by atoms with E-state index in [1.807, 2.05) is 5.43 Å². The molecule has 0 atom stereocenters. The predicted octanol–water partition coefficient (Wildman–Crippen LogP) is -1.03. The Kier molecular flexibility index (Phi) is 4.20. The van der Waals surface area contributed by atoms with Gasteiger partial charge in [-0.3, -0.25) is 10.2 Å². The third-order valence-corrected chi connectivity index (χ3v) is 0.582.